The van der Waals surface area contributed by atoms with Crippen molar-refractivity contribution in [3.05, 3.63) is 63.4 Å². The maximum absolute atomic E-state index is 13.7. The summed E-state index contributed by atoms with van der Waals surface area (Å²) >= 11 is 5.76. The summed E-state index contributed by atoms with van der Waals surface area (Å²) < 4.78 is 49.3. The highest BCUT2D eigenvalue weighted by atomic mass is 35.5. The Morgan fingerprint density at radius 3 is 2.44 bits per heavy atom. The highest BCUT2D eigenvalue weighted by molar-refractivity contribution is 7.52. The molecule has 1 heterocycles. The average molecular weight is 552 g/mol. The number of aromatic amines is 1. The zero-order valence-electron chi connectivity index (χ0n) is 19.7. The molecule has 0 saturated carbocycles. The van der Waals surface area contributed by atoms with Crippen molar-refractivity contribution in [2.24, 2.45) is 0 Å². The fourth-order valence-corrected chi connectivity index (χ4v) is 4.36. The van der Waals surface area contributed by atoms with Crippen molar-refractivity contribution in [1.82, 2.24) is 14.6 Å². The van der Waals surface area contributed by atoms with E-state index in [2.05, 4.69) is 5.09 Å². The first-order valence-electron chi connectivity index (χ1n) is 10.8. The van der Waals surface area contributed by atoms with Crippen LogP contribution in [0.3, 0.4) is 0 Å². The van der Waals surface area contributed by atoms with Crippen LogP contribution in [0, 0.1) is 0 Å². The molecule has 5 atom stereocenters. The molecule has 1 aromatic heterocycles. The third-order valence-electron chi connectivity index (χ3n) is 4.37. The van der Waals surface area contributed by atoms with Crippen molar-refractivity contribution >= 4 is 25.3 Å². The van der Waals surface area contributed by atoms with Gasteiger partial charge in [0.25, 0.3) is 5.56 Å². The summed E-state index contributed by atoms with van der Waals surface area (Å²) in [7, 11) is -4.34. The van der Waals surface area contributed by atoms with Gasteiger partial charge in [0.1, 0.15) is 24.6 Å². The zero-order valence-corrected chi connectivity index (χ0v) is 21.4. The standard InChI is InChI=1S/C21H28ClFN3O9P/c1-13(2)33-20(29)14(3)25-36(31,35-15-7-5-4-6-8-15)32-12-16(19(22)28)34-18(11-23)26-10-9-17(27)24-21(26)30/h4-10,13-14,16,18-19,28H,11-12H2,1-3H3,(H,25,31)(H,24,27,30)/t14-,16+,18+,19+,36?/m0/s1. The monoisotopic (exact) mass is 551 g/mol. The number of rotatable bonds is 14. The van der Waals surface area contributed by atoms with Gasteiger partial charge >= 0.3 is 19.4 Å². The topological polar surface area (TPSA) is 158 Å². The van der Waals surface area contributed by atoms with E-state index in [1.807, 2.05) is 4.98 Å². The summed E-state index contributed by atoms with van der Waals surface area (Å²) in [6.07, 6.45) is -2.58. The Labute approximate surface area is 210 Å². The number of alkyl halides is 2. The van der Waals surface area contributed by atoms with Gasteiger partial charge < -0.3 is 19.1 Å². The number of H-pyrrole nitrogens is 1. The molecule has 15 heteroatoms. The van der Waals surface area contributed by atoms with Crippen LogP contribution in [0.4, 0.5) is 4.39 Å². The number of hydrogen-bond donors (Lipinski definition) is 3. The third-order valence-corrected chi connectivity index (χ3v) is 6.29. The third kappa shape index (κ3) is 9.16. The molecule has 36 heavy (non-hydrogen) atoms. The van der Waals surface area contributed by atoms with E-state index >= 15 is 0 Å². The SMILES string of the molecule is CC(C)OC(=O)[C@H](C)NP(=O)(OC[C@@H](O[C@H](CF)n1ccc(=O)[nH]c1=O)[C@@H](O)Cl)Oc1ccccc1. The number of carbonyl (C=O) groups is 1. The molecule has 0 aliphatic rings. The van der Waals surface area contributed by atoms with Crippen LogP contribution in [0.25, 0.3) is 0 Å². The van der Waals surface area contributed by atoms with Gasteiger partial charge in [0.05, 0.1) is 12.7 Å². The van der Waals surface area contributed by atoms with E-state index in [1.165, 1.54) is 19.1 Å². The first-order valence-corrected chi connectivity index (χ1v) is 12.7. The predicted molar refractivity (Wildman–Crippen MR) is 128 cm³/mol. The summed E-state index contributed by atoms with van der Waals surface area (Å²) in [5.74, 6) is -0.603. The number of hydrogen-bond acceptors (Lipinski definition) is 9. The number of carbonyl (C=O) groups excluding carboxylic acids is 1. The van der Waals surface area contributed by atoms with Crippen molar-refractivity contribution in [2.75, 3.05) is 13.3 Å². The number of para-hydroxylation sites is 1. The highest BCUT2D eigenvalue weighted by Gasteiger charge is 2.35. The Balaban J connectivity index is 2.23. The van der Waals surface area contributed by atoms with E-state index in [9.17, 15) is 28.4 Å². The van der Waals surface area contributed by atoms with Gasteiger partial charge in [-0.1, -0.05) is 29.8 Å². The number of nitrogens with zero attached hydrogens (tertiary/aromatic N) is 1. The van der Waals surface area contributed by atoms with Gasteiger partial charge in [0.2, 0.25) is 0 Å². The van der Waals surface area contributed by atoms with E-state index in [-0.39, 0.29) is 5.75 Å². The molecule has 0 saturated heterocycles. The molecule has 3 N–H and O–H groups in total. The van der Waals surface area contributed by atoms with Crippen LogP contribution in [-0.2, 0) is 23.4 Å². The fourth-order valence-electron chi connectivity index (χ4n) is 2.72. The van der Waals surface area contributed by atoms with Crippen LogP contribution in [0.1, 0.15) is 27.0 Å². The van der Waals surface area contributed by atoms with Gasteiger partial charge in [0, 0.05) is 12.3 Å². The van der Waals surface area contributed by atoms with Crippen LogP contribution < -0.4 is 20.9 Å². The summed E-state index contributed by atoms with van der Waals surface area (Å²) in [6.45, 7) is 2.68. The van der Waals surface area contributed by atoms with E-state index in [4.69, 9.17) is 30.1 Å². The van der Waals surface area contributed by atoms with Crippen molar-refractivity contribution in [1.29, 1.82) is 0 Å². The molecule has 1 aromatic carbocycles. The molecule has 2 rings (SSSR count). The molecule has 0 fully saturated rings. The quantitative estimate of drug-likeness (QED) is 0.180. The Morgan fingerprint density at radius 1 is 1.22 bits per heavy atom. The molecule has 12 nitrogen and oxygen atoms in total. The molecule has 0 radical (unpaired) electrons. The van der Waals surface area contributed by atoms with Crippen molar-refractivity contribution in [2.45, 2.75) is 50.8 Å². The van der Waals surface area contributed by atoms with Crippen molar-refractivity contribution in [3.63, 3.8) is 0 Å². The second-order valence-corrected chi connectivity index (χ2v) is 9.85. The van der Waals surface area contributed by atoms with Gasteiger partial charge in [-0.25, -0.2) is 13.8 Å². The van der Waals surface area contributed by atoms with Crippen molar-refractivity contribution < 1.29 is 37.4 Å². The summed E-state index contributed by atoms with van der Waals surface area (Å²) in [5.41, 5.74) is -3.47. The summed E-state index contributed by atoms with van der Waals surface area (Å²) in [4.78, 5) is 37.4. The van der Waals surface area contributed by atoms with E-state index in [0.29, 0.717) is 0 Å². The minimum Gasteiger partial charge on any atom is -0.462 e. The van der Waals surface area contributed by atoms with Gasteiger partial charge in [-0.2, -0.15) is 5.09 Å². The van der Waals surface area contributed by atoms with Crippen LogP contribution >= 0.6 is 19.3 Å². The molecule has 2 aromatic rings. The number of benzene rings is 1. The zero-order chi connectivity index (χ0) is 26.9. The minimum absolute atomic E-state index is 0.128. The first-order chi connectivity index (χ1) is 16.9. The molecule has 0 aliphatic carbocycles. The largest absolute Gasteiger partial charge is 0.462 e. The highest BCUT2D eigenvalue weighted by Crippen LogP contribution is 2.45. The maximum atomic E-state index is 13.7. The number of aliphatic hydroxyl groups is 1. The molecular formula is C21H28ClFN3O9P. The number of esters is 1. The molecular weight excluding hydrogens is 524 g/mol. The number of aromatic nitrogens is 2. The van der Waals surface area contributed by atoms with Crippen LogP contribution in [-0.4, -0.2) is 57.7 Å². The Bertz CT molecular complexity index is 1150. The smallest absolute Gasteiger partial charge is 0.459 e. The summed E-state index contributed by atoms with van der Waals surface area (Å²) in [5, 5.41) is 12.4. The van der Waals surface area contributed by atoms with E-state index < -0.39 is 68.3 Å². The second-order valence-electron chi connectivity index (χ2n) is 7.71. The lowest BCUT2D eigenvalue weighted by molar-refractivity contribution is -0.149. The Hall–Kier alpha value is -2.54. The van der Waals surface area contributed by atoms with Gasteiger partial charge in [-0.3, -0.25) is 23.7 Å². The molecule has 200 valence electrons. The van der Waals surface area contributed by atoms with E-state index in [1.54, 1.807) is 32.0 Å². The number of aliphatic hydroxyl groups excluding tert-OH is 1. The van der Waals surface area contributed by atoms with Gasteiger partial charge in [-0.15, -0.1) is 0 Å². The fraction of sp³-hybridized carbons (Fsp3) is 0.476. The second kappa shape index (κ2) is 13.7. The maximum Gasteiger partial charge on any atom is 0.459 e. The predicted octanol–water partition coefficient (Wildman–Crippen LogP) is 2.08. The van der Waals surface area contributed by atoms with Gasteiger partial charge in [0.15, 0.2) is 11.8 Å². The molecule has 1 unspecified atom stereocenters. The average Bonchev–Trinajstić information content (AvgIpc) is 2.79. The van der Waals surface area contributed by atoms with E-state index in [0.717, 1.165) is 16.8 Å². The summed E-state index contributed by atoms with van der Waals surface area (Å²) in [6, 6.07) is 7.72. The van der Waals surface area contributed by atoms with Crippen LogP contribution in [0.15, 0.2) is 52.2 Å². The van der Waals surface area contributed by atoms with Crippen LogP contribution in [0.5, 0.6) is 5.75 Å². The first kappa shape index (κ1) is 29.7. The number of nitrogens with one attached hydrogen (secondary N) is 2. The van der Waals surface area contributed by atoms with Gasteiger partial charge in [-0.05, 0) is 32.9 Å². The molecule has 0 spiro atoms. The van der Waals surface area contributed by atoms with Crippen LogP contribution in [0.2, 0.25) is 0 Å². The number of ether oxygens (including phenoxy) is 2. The lowest BCUT2D eigenvalue weighted by Crippen LogP contribution is -2.40. The molecule has 0 bridgehead atoms. The normalized spacial score (nSPS) is 16.5. The Morgan fingerprint density at radius 2 is 1.89 bits per heavy atom. The number of halogens is 2. The lowest BCUT2D eigenvalue weighted by Gasteiger charge is -2.28. The molecule has 0 amide bonds. The lowest BCUT2D eigenvalue weighted by atomic mass is 10.3. The minimum atomic E-state index is -4.34. The Kier molecular flexibility index (Phi) is 11.3. The molecule has 0 aliphatic heterocycles. The van der Waals surface area contributed by atoms with Crippen molar-refractivity contribution in [3.8, 4) is 5.75 Å².